The van der Waals surface area contributed by atoms with Crippen molar-refractivity contribution in [3.8, 4) is 0 Å². The second kappa shape index (κ2) is 7.41. The molecule has 2 aromatic carbocycles. The molecular formula is C18H20BrNO. The highest BCUT2D eigenvalue weighted by atomic mass is 79.9. The summed E-state index contributed by atoms with van der Waals surface area (Å²) in [5.41, 5.74) is 2.99. The molecule has 0 atom stereocenters. The Bertz CT molecular complexity index is 590. The maximum atomic E-state index is 12.7. The molecule has 2 aromatic rings. The van der Waals surface area contributed by atoms with Gasteiger partial charge in [-0.3, -0.25) is 4.79 Å². The van der Waals surface area contributed by atoms with Crippen LogP contribution in [-0.4, -0.2) is 17.4 Å². The van der Waals surface area contributed by atoms with Crippen LogP contribution < -0.4 is 0 Å². The minimum Gasteiger partial charge on any atom is -0.334 e. The molecule has 0 aliphatic rings. The lowest BCUT2D eigenvalue weighted by atomic mass is 10.1. The minimum atomic E-state index is 0.0881. The van der Waals surface area contributed by atoms with Crippen molar-refractivity contribution >= 4 is 21.8 Å². The fourth-order valence-corrected chi connectivity index (χ4v) is 2.98. The van der Waals surface area contributed by atoms with Gasteiger partial charge < -0.3 is 4.90 Å². The van der Waals surface area contributed by atoms with Crippen LogP contribution >= 0.6 is 15.9 Å². The summed E-state index contributed by atoms with van der Waals surface area (Å²) in [6.07, 6.45) is 0.950. The van der Waals surface area contributed by atoms with Crippen molar-refractivity contribution in [3.63, 3.8) is 0 Å². The minimum absolute atomic E-state index is 0.0881. The van der Waals surface area contributed by atoms with Crippen molar-refractivity contribution in [1.82, 2.24) is 4.90 Å². The van der Waals surface area contributed by atoms with Gasteiger partial charge in [0.2, 0.25) is 0 Å². The number of amides is 1. The molecule has 0 N–H and O–H groups in total. The number of benzene rings is 2. The number of carbonyl (C=O) groups is 1. The number of hydrogen-bond acceptors (Lipinski definition) is 1. The lowest BCUT2D eigenvalue weighted by Gasteiger charge is -2.22. The molecule has 2 nitrogen and oxygen atoms in total. The molecule has 0 saturated carbocycles. The Kier molecular flexibility index (Phi) is 5.57. The SMILES string of the molecule is CCCN(Cc1ccccc1)C(=O)c1cc(C)cc(Br)c1. The van der Waals surface area contributed by atoms with Crippen LogP contribution in [0.15, 0.2) is 53.0 Å². The van der Waals surface area contributed by atoms with Crippen molar-refractivity contribution in [2.45, 2.75) is 26.8 Å². The molecule has 2 rings (SSSR count). The van der Waals surface area contributed by atoms with E-state index < -0.39 is 0 Å². The third kappa shape index (κ3) is 4.43. The molecule has 0 unspecified atom stereocenters. The molecule has 0 heterocycles. The summed E-state index contributed by atoms with van der Waals surface area (Å²) >= 11 is 3.47. The highest BCUT2D eigenvalue weighted by Crippen LogP contribution is 2.18. The van der Waals surface area contributed by atoms with Crippen molar-refractivity contribution in [2.75, 3.05) is 6.54 Å². The molecule has 3 heteroatoms. The quantitative estimate of drug-likeness (QED) is 0.761. The smallest absolute Gasteiger partial charge is 0.254 e. The van der Waals surface area contributed by atoms with Crippen LogP contribution in [0.3, 0.4) is 0 Å². The number of rotatable bonds is 5. The first-order chi connectivity index (χ1) is 10.1. The molecule has 0 aromatic heterocycles. The second-order valence-electron chi connectivity index (χ2n) is 5.23. The molecule has 1 amide bonds. The summed E-state index contributed by atoms with van der Waals surface area (Å²) in [4.78, 5) is 14.7. The molecule has 0 fully saturated rings. The normalized spacial score (nSPS) is 10.4. The van der Waals surface area contributed by atoms with E-state index in [-0.39, 0.29) is 5.91 Å². The molecule has 0 radical (unpaired) electrons. The van der Waals surface area contributed by atoms with E-state index in [1.165, 1.54) is 0 Å². The van der Waals surface area contributed by atoms with Gasteiger partial charge in [-0.25, -0.2) is 0 Å². The summed E-state index contributed by atoms with van der Waals surface area (Å²) in [6.45, 7) is 5.51. The molecule has 0 aliphatic carbocycles. The predicted molar refractivity (Wildman–Crippen MR) is 90.4 cm³/mol. The van der Waals surface area contributed by atoms with Gasteiger partial charge in [-0.15, -0.1) is 0 Å². The van der Waals surface area contributed by atoms with Crippen molar-refractivity contribution < 1.29 is 4.79 Å². The van der Waals surface area contributed by atoms with Gasteiger partial charge >= 0.3 is 0 Å². The maximum absolute atomic E-state index is 12.7. The van der Waals surface area contributed by atoms with Crippen LogP contribution in [0, 0.1) is 6.92 Å². The van der Waals surface area contributed by atoms with Crippen LogP contribution in [0.4, 0.5) is 0 Å². The monoisotopic (exact) mass is 345 g/mol. The van der Waals surface area contributed by atoms with Crippen LogP contribution in [0.1, 0.15) is 34.8 Å². The first kappa shape index (κ1) is 15.8. The Morgan fingerprint density at radius 1 is 1.14 bits per heavy atom. The number of nitrogens with zero attached hydrogens (tertiary/aromatic N) is 1. The Morgan fingerprint density at radius 3 is 2.48 bits per heavy atom. The summed E-state index contributed by atoms with van der Waals surface area (Å²) < 4.78 is 0.946. The zero-order valence-corrected chi connectivity index (χ0v) is 14.1. The maximum Gasteiger partial charge on any atom is 0.254 e. The van der Waals surface area contributed by atoms with E-state index in [9.17, 15) is 4.79 Å². The van der Waals surface area contributed by atoms with Crippen molar-refractivity contribution in [2.24, 2.45) is 0 Å². The summed E-state index contributed by atoms with van der Waals surface area (Å²) in [7, 11) is 0. The Hall–Kier alpha value is -1.61. The van der Waals surface area contributed by atoms with E-state index in [2.05, 4.69) is 35.0 Å². The predicted octanol–water partition coefficient (Wildman–Crippen LogP) is 4.81. The molecule has 21 heavy (non-hydrogen) atoms. The summed E-state index contributed by atoms with van der Waals surface area (Å²) in [5, 5.41) is 0. The third-order valence-electron chi connectivity index (χ3n) is 3.29. The van der Waals surface area contributed by atoms with Gasteiger partial charge in [0.1, 0.15) is 0 Å². The van der Waals surface area contributed by atoms with E-state index >= 15 is 0 Å². The zero-order chi connectivity index (χ0) is 15.2. The zero-order valence-electron chi connectivity index (χ0n) is 12.5. The average molecular weight is 346 g/mol. The van der Waals surface area contributed by atoms with Crippen LogP contribution in [0.5, 0.6) is 0 Å². The van der Waals surface area contributed by atoms with E-state index in [0.29, 0.717) is 6.54 Å². The fraction of sp³-hybridized carbons (Fsp3) is 0.278. The van der Waals surface area contributed by atoms with Crippen LogP contribution in [-0.2, 0) is 6.54 Å². The molecule has 0 bridgehead atoms. The Labute approximate surface area is 134 Å². The molecule has 110 valence electrons. The fourth-order valence-electron chi connectivity index (χ4n) is 2.37. The third-order valence-corrected chi connectivity index (χ3v) is 3.74. The van der Waals surface area contributed by atoms with Gasteiger partial charge in [-0.2, -0.15) is 0 Å². The summed E-state index contributed by atoms with van der Waals surface area (Å²) in [6, 6.07) is 16.0. The lowest BCUT2D eigenvalue weighted by Crippen LogP contribution is -2.31. The van der Waals surface area contributed by atoms with Gasteiger partial charge in [-0.1, -0.05) is 53.2 Å². The van der Waals surface area contributed by atoms with Gasteiger partial charge in [0.15, 0.2) is 0 Å². The van der Waals surface area contributed by atoms with E-state index in [4.69, 9.17) is 0 Å². The standard InChI is InChI=1S/C18H20BrNO/c1-3-9-20(13-15-7-5-4-6-8-15)18(21)16-10-14(2)11-17(19)12-16/h4-8,10-12H,3,9,13H2,1-2H3. The van der Waals surface area contributed by atoms with Crippen LogP contribution in [0.2, 0.25) is 0 Å². The number of halogens is 1. The first-order valence-electron chi connectivity index (χ1n) is 7.20. The summed E-state index contributed by atoms with van der Waals surface area (Å²) in [5.74, 6) is 0.0881. The highest BCUT2D eigenvalue weighted by molar-refractivity contribution is 9.10. The largest absolute Gasteiger partial charge is 0.334 e. The number of carbonyl (C=O) groups excluding carboxylic acids is 1. The lowest BCUT2D eigenvalue weighted by molar-refractivity contribution is 0.0743. The van der Waals surface area contributed by atoms with Crippen LogP contribution in [0.25, 0.3) is 0 Å². The van der Waals surface area contributed by atoms with Gasteiger partial charge in [-0.05, 0) is 42.7 Å². The number of hydrogen-bond donors (Lipinski definition) is 0. The topological polar surface area (TPSA) is 20.3 Å². The molecular weight excluding hydrogens is 326 g/mol. The van der Waals surface area contributed by atoms with Gasteiger partial charge in [0, 0.05) is 23.1 Å². The first-order valence-corrected chi connectivity index (χ1v) is 8.00. The highest BCUT2D eigenvalue weighted by Gasteiger charge is 2.16. The second-order valence-corrected chi connectivity index (χ2v) is 6.15. The van der Waals surface area contributed by atoms with Gasteiger partial charge in [0.05, 0.1) is 0 Å². The van der Waals surface area contributed by atoms with E-state index in [1.54, 1.807) is 0 Å². The Balaban J connectivity index is 2.22. The average Bonchev–Trinajstić information content (AvgIpc) is 2.46. The molecule has 0 saturated heterocycles. The van der Waals surface area contributed by atoms with E-state index in [0.717, 1.165) is 34.1 Å². The van der Waals surface area contributed by atoms with Gasteiger partial charge in [0.25, 0.3) is 5.91 Å². The molecule has 0 spiro atoms. The van der Waals surface area contributed by atoms with Crippen molar-refractivity contribution in [3.05, 3.63) is 69.7 Å². The molecule has 0 aliphatic heterocycles. The van der Waals surface area contributed by atoms with E-state index in [1.807, 2.05) is 48.2 Å². The number of aryl methyl sites for hydroxylation is 1. The Morgan fingerprint density at radius 2 is 1.86 bits per heavy atom. The van der Waals surface area contributed by atoms with Crippen molar-refractivity contribution in [1.29, 1.82) is 0 Å².